The number of benzene rings is 1. The Hall–Kier alpha value is -3.06. The van der Waals surface area contributed by atoms with Crippen LogP contribution < -0.4 is 10.6 Å². The van der Waals surface area contributed by atoms with Crippen LogP contribution in [0.2, 0.25) is 0 Å². The molecule has 0 saturated heterocycles. The van der Waals surface area contributed by atoms with Gasteiger partial charge in [-0.15, -0.1) is 0 Å². The topological polar surface area (TPSA) is 92.3 Å². The minimum atomic E-state index is -0.265. The standard InChI is InChI=1S/C19H22N4O3/c24-14-16(11-18-3-1-10-26-18)13-21-19(25)20-12-15-4-6-17(7-5-15)23-9-2-8-22-23/h1-10,16,24H,11-14H2,(H2,20,21,25). The lowest BCUT2D eigenvalue weighted by molar-refractivity contribution is 0.209. The Morgan fingerprint density at radius 2 is 2.04 bits per heavy atom. The number of rotatable bonds is 8. The van der Waals surface area contributed by atoms with Crippen molar-refractivity contribution in [2.75, 3.05) is 13.2 Å². The normalized spacial score (nSPS) is 11.9. The highest BCUT2D eigenvalue weighted by Gasteiger charge is 2.12. The number of aromatic nitrogens is 2. The smallest absolute Gasteiger partial charge is 0.315 e. The van der Waals surface area contributed by atoms with E-state index in [-0.39, 0.29) is 18.6 Å². The van der Waals surface area contributed by atoms with Gasteiger partial charge in [0, 0.05) is 44.4 Å². The van der Waals surface area contributed by atoms with Gasteiger partial charge in [0.05, 0.1) is 12.0 Å². The maximum atomic E-state index is 12.0. The van der Waals surface area contributed by atoms with Crippen LogP contribution in [0.25, 0.3) is 5.69 Å². The number of carbonyl (C=O) groups excluding carboxylic acids is 1. The molecule has 7 heteroatoms. The Bertz CT molecular complexity index is 783. The van der Waals surface area contributed by atoms with Gasteiger partial charge in [-0.25, -0.2) is 9.48 Å². The molecule has 26 heavy (non-hydrogen) atoms. The number of aliphatic hydroxyl groups excluding tert-OH is 1. The van der Waals surface area contributed by atoms with Crippen molar-refractivity contribution in [3.63, 3.8) is 0 Å². The van der Waals surface area contributed by atoms with Crippen molar-refractivity contribution in [2.45, 2.75) is 13.0 Å². The van der Waals surface area contributed by atoms with E-state index in [1.165, 1.54) is 0 Å². The highest BCUT2D eigenvalue weighted by Crippen LogP contribution is 2.09. The lowest BCUT2D eigenvalue weighted by atomic mass is 10.1. The van der Waals surface area contributed by atoms with E-state index in [0.29, 0.717) is 19.5 Å². The van der Waals surface area contributed by atoms with E-state index in [1.807, 2.05) is 48.7 Å². The SMILES string of the molecule is O=C(NCc1ccc(-n2cccn2)cc1)NCC(CO)Cc1ccco1. The van der Waals surface area contributed by atoms with Crippen LogP contribution in [0.4, 0.5) is 4.79 Å². The van der Waals surface area contributed by atoms with Crippen LogP contribution in [0.3, 0.4) is 0 Å². The summed E-state index contributed by atoms with van der Waals surface area (Å²) in [7, 11) is 0. The van der Waals surface area contributed by atoms with Crippen LogP contribution >= 0.6 is 0 Å². The molecule has 0 aliphatic carbocycles. The maximum absolute atomic E-state index is 12.0. The fraction of sp³-hybridized carbons (Fsp3) is 0.263. The summed E-state index contributed by atoms with van der Waals surface area (Å²) in [5.41, 5.74) is 1.96. The first kappa shape index (κ1) is 17.8. The van der Waals surface area contributed by atoms with E-state index in [9.17, 15) is 9.90 Å². The Labute approximate surface area is 151 Å². The average molecular weight is 354 g/mol. The summed E-state index contributed by atoms with van der Waals surface area (Å²) in [6, 6.07) is 13.1. The molecule has 3 aromatic rings. The van der Waals surface area contributed by atoms with Crippen molar-refractivity contribution in [3.8, 4) is 5.69 Å². The second-order valence-electron chi connectivity index (χ2n) is 6.01. The predicted octanol–water partition coefficient (Wildman–Crippen LogP) is 2.12. The van der Waals surface area contributed by atoms with Crippen molar-refractivity contribution in [3.05, 3.63) is 72.4 Å². The Balaban J connectivity index is 1.42. The zero-order valence-electron chi connectivity index (χ0n) is 14.3. The molecule has 136 valence electrons. The summed E-state index contributed by atoms with van der Waals surface area (Å²) in [6.45, 7) is 0.782. The van der Waals surface area contributed by atoms with Crippen LogP contribution in [0.1, 0.15) is 11.3 Å². The third kappa shape index (κ3) is 4.97. The van der Waals surface area contributed by atoms with Gasteiger partial charge in [-0.05, 0) is 35.9 Å². The molecule has 0 saturated carbocycles. The van der Waals surface area contributed by atoms with Gasteiger partial charge >= 0.3 is 6.03 Å². The number of hydrogen-bond donors (Lipinski definition) is 3. The zero-order chi connectivity index (χ0) is 18.2. The summed E-state index contributed by atoms with van der Waals surface area (Å²) < 4.78 is 7.04. The summed E-state index contributed by atoms with van der Waals surface area (Å²) in [6.07, 6.45) is 5.78. The first-order valence-corrected chi connectivity index (χ1v) is 8.48. The molecule has 1 aromatic carbocycles. The average Bonchev–Trinajstić information content (AvgIpc) is 3.37. The third-order valence-electron chi connectivity index (χ3n) is 4.04. The van der Waals surface area contributed by atoms with Crippen molar-refractivity contribution < 1.29 is 14.3 Å². The van der Waals surface area contributed by atoms with Crippen molar-refractivity contribution in [2.24, 2.45) is 5.92 Å². The molecule has 0 fully saturated rings. The molecule has 2 aromatic heterocycles. The number of nitrogens with one attached hydrogen (secondary N) is 2. The minimum absolute atomic E-state index is 0.0180. The molecule has 3 rings (SSSR count). The van der Waals surface area contributed by atoms with Crippen LogP contribution in [-0.2, 0) is 13.0 Å². The van der Waals surface area contributed by atoms with Gasteiger partial charge in [0.25, 0.3) is 0 Å². The second-order valence-corrected chi connectivity index (χ2v) is 6.01. The van der Waals surface area contributed by atoms with Crippen LogP contribution in [0, 0.1) is 5.92 Å². The molecule has 0 radical (unpaired) electrons. The minimum Gasteiger partial charge on any atom is -0.469 e. The molecule has 1 unspecified atom stereocenters. The van der Waals surface area contributed by atoms with E-state index >= 15 is 0 Å². The van der Waals surface area contributed by atoms with Gasteiger partial charge in [-0.1, -0.05) is 12.1 Å². The van der Waals surface area contributed by atoms with Gasteiger partial charge in [0.1, 0.15) is 5.76 Å². The molecule has 1 atom stereocenters. The van der Waals surface area contributed by atoms with E-state index in [4.69, 9.17) is 4.42 Å². The van der Waals surface area contributed by atoms with Crippen molar-refractivity contribution in [1.29, 1.82) is 0 Å². The summed E-state index contributed by atoms with van der Waals surface area (Å²) in [5.74, 6) is 0.712. The van der Waals surface area contributed by atoms with E-state index in [0.717, 1.165) is 17.0 Å². The molecule has 0 bridgehead atoms. The number of hydrogen-bond acceptors (Lipinski definition) is 4. The van der Waals surface area contributed by atoms with Gasteiger partial charge in [0.15, 0.2) is 0 Å². The Morgan fingerprint density at radius 1 is 1.19 bits per heavy atom. The van der Waals surface area contributed by atoms with E-state index < -0.39 is 0 Å². The lowest BCUT2D eigenvalue weighted by Gasteiger charge is -2.14. The predicted molar refractivity (Wildman–Crippen MR) is 96.8 cm³/mol. The highest BCUT2D eigenvalue weighted by atomic mass is 16.3. The summed E-state index contributed by atoms with van der Waals surface area (Å²) in [4.78, 5) is 12.0. The number of aliphatic hydroxyl groups is 1. The summed E-state index contributed by atoms with van der Waals surface area (Å²) in [5, 5.41) is 19.2. The van der Waals surface area contributed by atoms with Crippen LogP contribution in [0.15, 0.2) is 65.5 Å². The molecule has 0 aliphatic heterocycles. The van der Waals surface area contributed by atoms with Gasteiger partial charge in [0.2, 0.25) is 0 Å². The van der Waals surface area contributed by atoms with Gasteiger partial charge in [-0.3, -0.25) is 0 Å². The first-order valence-electron chi connectivity index (χ1n) is 8.48. The first-order chi connectivity index (χ1) is 12.7. The molecule has 0 spiro atoms. The number of carbonyl (C=O) groups is 1. The number of urea groups is 1. The fourth-order valence-corrected chi connectivity index (χ4v) is 2.58. The second kappa shape index (κ2) is 8.87. The largest absolute Gasteiger partial charge is 0.469 e. The monoisotopic (exact) mass is 354 g/mol. The lowest BCUT2D eigenvalue weighted by Crippen LogP contribution is -2.39. The number of nitrogens with zero attached hydrogens (tertiary/aromatic N) is 2. The zero-order valence-corrected chi connectivity index (χ0v) is 14.3. The Kier molecular flexibility index (Phi) is 6.05. The Morgan fingerprint density at radius 3 is 2.69 bits per heavy atom. The third-order valence-corrected chi connectivity index (χ3v) is 4.04. The van der Waals surface area contributed by atoms with Crippen molar-refractivity contribution in [1.82, 2.24) is 20.4 Å². The van der Waals surface area contributed by atoms with E-state index in [1.54, 1.807) is 17.1 Å². The van der Waals surface area contributed by atoms with E-state index in [2.05, 4.69) is 15.7 Å². The molecule has 2 amide bonds. The number of furan rings is 1. The quantitative estimate of drug-likeness (QED) is 0.578. The highest BCUT2D eigenvalue weighted by molar-refractivity contribution is 5.73. The molecular weight excluding hydrogens is 332 g/mol. The molecule has 2 heterocycles. The van der Waals surface area contributed by atoms with Gasteiger partial charge < -0.3 is 20.2 Å². The van der Waals surface area contributed by atoms with Crippen molar-refractivity contribution >= 4 is 6.03 Å². The summed E-state index contributed by atoms with van der Waals surface area (Å²) >= 11 is 0. The van der Waals surface area contributed by atoms with Crippen LogP contribution in [0.5, 0.6) is 0 Å². The number of amides is 2. The fourth-order valence-electron chi connectivity index (χ4n) is 2.58. The molecule has 7 nitrogen and oxygen atoms in total. The molecular formula is C19H22N4O3. The van der Waals surface area contributed by atoms with Gasteiger partial charge in [-0.2, -0.15) is 5.10 Å². The maximum Gasteiger partial charge on any atom is 0.315 e. The molecule has 0 aliphatic rings. The van der Waals surface area contributed by atoms with Crippen LogP contribution in [-0.4, -0.2) is 34.1 Å². The molecule has 3 N–H and O–H groups in total.